The van der Waals surface area contributed by atoms with E-state index in [1.807, 2.05) is 24.3 Å². The molecule has 1 aliphatic rings. The molecule has 0 aliphatic carbocycles. The number of nitrogens with one attached hydrogen (secondary N) is 2. The monoisotopic (exact) mass is 550 g/mol. The lowest BCUT2D eigenvalue weighted by Crippen LogP contribution is -2.44. The molecular formula is C30H30N8O3. The van der Waals surface area contributed by atoms with Gasteiger partial charge in [-0.2, -0.15) is 4.98 Å². The summed E-state index contributed by atoms with van der Waals surface area (Å²) in [5.41, 5.74) is 9.94. The Morgan fingerprint density at radius 2 is 1.80 bits per heavy atom. The van der Waals surface area contributed by atoms with Crippen molar-refractivity contribution in [3.05, 3.63) is 91.5 Å². The summed E-state index contributed by atoms with van der Waals surface area (Å²) in [6.45, 7) is 7.23. The summed E-state index contributed by atoms with van der Waals surface area (Å²) >= 11 is 0. The first-order valence-corrected chi connectivity index (χ1v) is 13.0. The number of pyridine rings is 1. The van der Waals surface area contributed by atoms with E-state index in [-0.39, 0.29) is 23.3 Å². The van der Waals surface area contributed by atoms with Gasteiger partial charge < -0.3 is 30.9 Å². The van der Waals surface area contributed by atoms with Crippen LogP contribution in [-0.2, 0) is 4.79 Å². The quantitative estimate of drug-likeness (QED) is 0.263. The topological polar surface area (TPSA) is 139 Å². The molecule has 208 valence electrons. The first-order valence-electron chi connectivity index (χ1n) is 13.0. The molecule has 11 heteroatoms. The fourth-order valence-electron chi connectivity index (χ4n) is 4.48. The summed E-state index contributed by atoms with van der Waals surface area (Å²) < 4.78 is 5.89. The third kappa shape index (κ3) is 6.65. The molecule has 0 spiro atoms. The van der Waals surface area contributed by atoms with E-state index in [0.29, 0.717) is 17.1 Å². The fraction of sp³-hybridized carbons (Fsp3) is 0.167. The summed E-state index contributed by atoms with van der Waals surface area (Å²) in [4.78, 5) is 41.4. The molecule has 0 unspecified atom stereocenters. The van der Waals surface area contributed by atoms with E-state index in [1.165, 1.54) is 12.3 Å². The Morgan fingerprint density at radius 1 is 1.02 bits per heavy atom. The number of hydrogen-bond acceptors (Lipinski definition) is 9. The maximum Gasteiger partial charge on any atom is 0.271 e. The third-order valence-corrected chi connectivity index (χ3v) is 6.59. The number of likely N-dealkylation sites (N-methyl/N-ethyl adjacent to an activating group) is 1. The van der Waals surface area contributed by atoms with E-state index >= 15 is 0 Å². The predicted octanol–water partition coefficient (Wildman–Crippen LogP) is 4.05. The van der Waals surface area contributed by atoms with Crippen molar-refractivity contribution >= 4 is 34.7 Å². The van der Waals surface area contributed by atoms with Crippen LogP contribution in [0.4, 0.5) is 22.9 Å². The molecule has 2 aromatic carbocycles. The highest BCUT2D eigenvalue weighted by atomic mass is 16.5. The number of carbonyl (C=O) groups excluding carboxylic acids is 2. The second kappa shape index (κ2) is 12.3. The first-order chi connectivity index (χ1) is 19.9. The number of benzene rings is 2. The predicted molar refractivity (Wildman–Crippen MR) is 159 cm³/mol. The van der Waals surface area contributed by atoms with Gasteiger partial charge in [0.25, 0.3) is 5.91 Å². The molecule has 11 nitrogen and oxygen atoms in total. The molecule has 0 bridgehead atoms. The molecule has 1 fully saturated rings. The van der Waals surface area contributed by atoms with Crippen molar-refractivity contribution in [2.24, 2.45) is 5.73 Å². The minimum absolute atomic E-state index is 0.0297. The van der Waals surface area contributed by atoms with E-state index in [9.17, 15) is 9.59 Å². The summed E-state index contributed by atoms with van der Waals surface area (Å²) in [7, 11) is 2.13. The van der Waals surface area contributed by atoms with Gasteiger partial charge in [0.15, 0.2) is 11.5 Å². The van der Waals surface area contributed by atoms with E-state index in [1.54, 1.807) is 36.7 Å². The lowest BCUT2D eigenvalue weighted by atomic mass is 10.0. The van der Waals surface area contributed by atoms with Crippen molar-refractivity contribution in [3.8, 4) is 22.8 Å². The molecule has 41 heavy (non-hydrogen) atoms. The molecule has 4 aromatic rings. The molecule has 0 saturated carbocycles. The van der Waals surface area contributed by atoms with E-state index in [0.717, 1.165) is 43.0 Å². The summed E-state index contributed by atoms with van der Waals surface area (Å²) in [6, 6.07) is 16.7. The van der Waals surface area contributed by atoms with Crippen LogP contribution in [-0.4, -0.2) is 64.9 Å². The van der Waals surface area contributed by atoms with E-state index < -0.39 is 5.91 Å². The highest BCUT2D eigenvalue weighted by Crippen LogP contribution is 2.35. The van der Waals surface area contributed by atoms with Crippen molar-refractivity contribution in [1.82, 2.24) is 19.9 Å². The van der Waals surface area contributed by atoms with Crippen LogP contribution in [0.5, 0.6) is 11.6 Å². The van der Waals surface area contributed by atoms with Crippen LogP contribution in [0, 0.1) is 0 Å². The van der Waals surface area contributed by atoms with Gasteiger partial charge in [-0.05, 0) is 61.2 Å². The zero-order valence-corrected chi connectivity index (χ0v) is 22.6. The number of hydrogen-bond donors (Lipinski definition) is 3. The van der Waals surface area contributed by atoms with Crippen LogP contribution in [0.15, 0.2) is 85.8 Å². The normalized spacial score (nSPS) is 13.3. The molecule has 2 aromatic heterocycles. The van der Waals surface area contributed by atoms with Crippen LogP contribution < -0.4 is 26.0 Å². The van der Waals surface area contributed by atoms with Crippen molar-refractivity contribution in [2.45, 2.75) is 0 Å². The first kappa shape index (κ1) is 27.3. The van der Waals surface area contributed by atoms with Crippen LogP contribution in [0.1, 0.15) is 10.5 Å². The number of anilines is 4. The Labute approximate surface area is 237 Å². The van der Waals surface area contributed by atoms with Crippen molar-refractivity contribution in [3.63, 3.8) is 0 Å². The van der Waals surface area contributed by atoms with Crippen molar-refractivity contribution in [2.75, 3.05) is 48.8 Å². The second-order valence-electron chi connectivity index (χ2n) is 9.48. The standard InChI is InChI=1S/C30H30N8O3/c1-3-26(39)34-21-5-4-6-23(17-21)41-27-19-33-28(29(31)40)30(36-27)35-22-7-8-25(38-15-13-37(2)14-16-38)24(18-22)20-9-11-32-12-10-20/h3-12,17-19H,1,13-16H2,2H3,(H2,31,40)(H,34,39)(H,35,36). The minimum Gasteiger partial charge on any atom is -0.437 e. The number of ether oxygens (including phenoxy) is 1. The number of nitrogens with two attached hydrogens (primary N) is 1. The van der Waals surface area contributed by atoms with Crippen molar-refractivity contribution in [1.29, 1.82) is 0 Å². The number of nitrogens with zero attached hydrogens (tertiary/aromatic N) is 5. The van der Waals surface area contributed by atoms with Gasteiger partial charge in [-0.1, -0.05) is 12.6 Å². The molecule has 4 N–H and O–H groups in total. The maximum atomic E-state index is 12.2. The van der Waals surface area contributed by atoms with Gasteiger partial charge >= 0.3 is 0 Å². The zero-order valence-electron chi connectivity index (χ0n) is 22.6. The lowest BCUT2D eigenvalue weighted by Gasteiger charge is -2.35. The molecule has 5 rings (SSSR count). The molecular weight excluding hydrogens is 520 g/mol. The average Bonchev–Trinajstić information content (AvgIpc) is 2.98. The molecule has 0 atom stereocenters. The molecule has 2 amide bonds. The van der Waals surface area contributed by atoms with E-state index in [2.05, 4.69) is 55.1 Å². The number of piperazine rings is 1. The largest absolute Gasteiger partial charge is 0.437 e. The van der Waals surface area contributed by atoms with Gasteiger partial charge in [0, 0.05) is 67.3 Å². The second-order valence-corrected chi connectivity index (χ2v) is 9.48. The minimum atomic E-state index is -0.732. The number of amides is 2. The highest BCUT2D eigenvalue weighted by molar-refractivity contribution is 5.99. The average molecular weight is 551 g/mol. The van der Waals surface area contributed by atoms with Gasteiger partial charge in [0.2, 0.25) is 11.8 Å². The number of rotatable bonds is 9. The van der Waals surface area contributed by atoms with Crippen LogP contribution >= 0.6 is 0 Å². The number of primary amides is 1. The van der Waals surface area contributed by atoms with Gasteiger partial charge in [-0.3, -0.25) is 14.6 Å². The Kier molecular flexibility index (Phi) is 8.16. The Balaban J connectivity index is 1.45. The van der Waals surface area contributed by atoms with Crippen molar-refractivity contribution < 1.29 is 14.3 Å². The Morgan fingerprint density at radius 3 is 2.54 bits per heavy atom. The Hall–Kier alpha value is -5.29. The lowest BCUT2D eigenvalue weighted by molar-refractivity contribution is -0.111. The SMILES string of the molecule is C=CC(=O)Nc1cccc(Oc2cnc(C(N)=O)c(Nc3ccc(N4CCN(C)CC4)c(-c4ccncc4)c3)n2)c1. The maximum absolute atomic E-state index is 12.2. The number of carbonyl (C=O) groups is 2. The summed E-state index contributed by atoms with van der Waals surface area (Å²) in [5, 5.41) is 5.89. The highest BCUT2D eigenvalue weighted by Gasteiger charge is 2.20. The summed E-state index contributed by atoms with van der Waals surface area (Å²) in [6.07, 6.45) is 6.02. The van der Waals surface area contributed by atoms with E-state index in [4.69, 9.17) is 10.5 Å². The van der Waals surface area contributed by atoms with Gasteiger partial charge in [0.1, 0.15) is 5.75 Å². The van der Waals surface area contributed by atoms with Gasteiger partial charge in [0.05, 0.1) is 6.20 Å². The Bertz CT molecular complexity index is 1570. The zero-order chi connectivity index (χ0) is 28.8. The smallest absolute Gasteiger partial charge is 0.271 e. The fourth-order valence-corrected chi connectivity index (χ4v) is 4.48. The molecule has 3 heterocycles. The molecule has 1 saturated heterocycles. The molecule has 0 radical (unpaired) electrons. The van der Waals surface area contributed by atoms with Crippen LogP contribution in [0.25, 0.3) is 11.1 Å². The van der Waals surface area contributed by atoms with Gasteiger partial charge in [-0.25, -0.2) is 4.98 Å². The van der Waals surface area contributed by atoms with Gasteiger partial charge in [-0.15, -0.1) is 0 Å². The summed E-state index contributed by atoms with van der Waals surface area (Å²) in [5.74, 6) is -0.379. The van der Waals surface area contributed by atoms with Crippen LogP contribution in [0.2, 0.25) is 0 Å². The third-order valence-electron chi connectivity index (χ3n) is 6.59. The number of aromatic nitrogens is 3. The molecule has 1 aliphatic heterocycles. The van der Waals surface area contributed by atoms with Crippen LogP contribution in [0.3, 0.4) is 0 Å².